The fourth-order valence-electron chi connectivity index (χ4n) is 3.10. The first kappa shape index (κ1) is 11.2. The van der Waals surface area contributed by atoms with Gasteiger partial charge in [0.25, 0.3) is 0 Å². The van der Waals surface area contributed by atoms with Gasteiger partial charge in [0, 0.05) is 19.6 Å². The molecule has 2 aliphatic heterocycles. The van der Waals surface area contributed by atoms with Crippen LogP contribution in [0, 0.1) is 0 Å². The van der Waals surface area contributed by atoms with Crippen molar-refractivity contribution < 1.29 is 0 Å². The van der Waals surface area contributed by atoms with Crippen molar-refractivity contribution in [2.75, 3.05) is 26.7 Å². The molecule has 2 heteroatoms. The lowest BCUT2D eigenvalue weighted by molar-refractivity contribution is 0.312. The van der Waals surface area contributed by atoms with Crippen LogP contribution in [0.1, 0.15) is 35.4 Å². The maximum absolute atomic E-state index is 3.51. The lowest BCUT2D eigenvalue weighted by Gasteiger charge is -2.28. The van der Waals surface area contributed by atoms with Gasteiger partial charge in [-0.15, -0.1) is 0 Å². The number of likely N-dealkylation sites (N-methyl/N-ethyl adjacent to an activating group) is 1. The van der Waals surface area contributed by atoms with Crippen LogP contribution < -0.4 is 5.32 Å². The summed E-state index contributed by atoms with van der Waals surface area (Å²) < 4.78 is 0. The van der Waals surface area contributed by atoms with E-state index < -0.39 is 0 Å². The van der Waals surface area contributed by atoms with Crippen molar-refractivity contribution in [3.63, 3.8) is 0 Å². The van der Waals surface area contributed by atoms with E-state index in [0.29, 0.717) is 0 Å². The molecule has 17 heavy (non-hydrogen) atoms. The van der Waals surface area contributed by atoms with Crippen molar-refractivity contribution in [2.24, 2.45) is 0 Å². The molecule has 1 aromatic carbocycles. The molecule has 0 bridgehead atoms. The summed E-state index contributed by atoms with van der Waals surface area (Å²) in [4.78, 5) is 2.41. The van der Waals surface area contributed by atoms with Crippen LogP contribution in [0.4, 0.5) is 0 Å². The average molecular weight is 230 g/mol. The van der Waals surface area contributed by atoms with E-state index in [9.17, 15) is 0 Å². The van der Waals surface area contributed by atoms with E-state index in [-0.39, 0.29) is 0 Å². The lowest BCUT2D eigenvalue weighted by atomic mass is 9.88. The van der Waals surface area contributed by atoms with Gasteiger partial charge in [-0.25, -0.2) is 0 Å². The minimum atomic E-state index is 0.744. The highest BCUT2D eigenvalue weighted by Gasteiger charge is 2.18. The molecule has 1 aromatic rings. The van der Waals surface area contributed by atoms with Gasteiger partial charge in [-0.3, -0.25) is 0 Å². The van der Waals surface area contributed by atoms with E-state index >= 15 is 0 Å². The van der Waals surface area contributed by atoms with Crippen molar-refractivity contribution in [1.29, 1.82) is 0 Å². The largest absolute Gasteiger partial charge is 0.316 e. The summed E-state index contributed by atoms with van der Waals surface area (Å²) in [6.45, 7) is 4.70. The number of hydrogen-bond acceptors (Lipinski definition) is 2. The highest BCUT2D eigenvalue weighted by atomic mass is 15.1. The molecular weight excluding hydrogens is 208 g/mol. The van der Waals surface area contributed by atoms with Crippen LogP contribution in [0.3, 0.4) is 0 Å². The minimum Gasteiger partial charge on any atom is -0.316 e. The van der Waals surface area contributed by atoms with Gasteiger partial charge in [0.2, 0.25) is 0 Å². The third kappa shape index (κ3) is 2.38. The number of nitrogens with zero attached hydrogens (tertiary/aromatic N) is 1. The van der Waals surface area contributed by atoms with Gasteiger partial charge < -0.3 is 10.2 Å². The van der Waals surface area contributed by atoms with Crippen LogP contribution in [0.25, 0.3) is 0 Å². The van der Waals surface area contributed by atoms with Gasteiger partial charge in [0.05, 0.1) is 0 Å². The number of rotatable bonds is 1. The summed E-state index contributed by atoms with van der Waals surface area (Å²) in [6, 6.07) is 7.19. The van der Waals surface area contributed by atoms with Gasteiger partial charge in [-0.1, -0.05) is 18.2 Å². The van der Waals surface area contributed by atoms with Crippen LogP contribution in [0.2, 0.25) is 0 Å². The number of benzene rings is 1. The maximum Gasteiger partial charge on any atom is 0.0233 e. The Hall–Kier alpha value is -0.860. The van der Waals surface area contributed by atoms with Gasteiger partial charge in [-0.2, -0.15) is 0 Å². The first-order valence-electron chi connectivity index (χ1n) is 6.84. The van der Waals surface area contributed by atoms with Crippen molar-refractivity contribution in [1.82, 2.24) is 10.2 Å². The molecule has 2 nitrogen and oxygen atoms in total. The zero-order valence-electron chi connectivity index (χ0n) is 10.7. The van der Waals surface area contributed by atoms with E-state index in [1.165, 1.54) is 44.5 Å². The van der Waals surface area contributed by atoms with Crippen molar-refractivity contribution in [3.8, 4) is 0 Å². The molecule has 3 rings (SSSR count). The Balaban J connectivity index is 1.82. The van der Waals surface area contributed by atoms with Crippen molar-refractivity contribution in [2.45, 2.75) is 31.7 Å². The highest BCUT2D eigenvalue weighted by molar-refractivity contribution is 5.35. The Morgan fingerprint density at radius 3 is 3.06 bits per heavy atom. The van der Waals surface area contributed by atoms with Gasteiger partial charge in [-0.05, 0) is 55.5 Å². The topological polar surface area (TPSA) is 15.3 Å². The second-order valence-electron chi connectivity index (χ2n) is 5.56. The maximum atomic E-state index is 3.51. The predicted molar refractivity (Wildman–Crippen MR) is 71.3 cm³/mol. The molecule has 1 atom stereocenters. The molecule has 1 saturated heterocycles. The Morgan fingerprint density at radius 2 is 2.24 bits per heavy atom. The lowest BCUT2D eigenvalue weighted by Crippen LogP contribution is -2.29. The molecular formula is C15H22N2. The van der Waals surface area contributed by atoms with E-state index in [1.807, 2.05) is 0 Å². The summed E-state index contributed by atoms with van der Waals surface area (Å²) in [5.74, 6) is 0.744. The van der Waals surface area contributed by atoms with Crippen LogP contribution in [-0.2, 0) is 13.0 Å². The van der Waals surface area contributed by atoms with E-state index in [2.05, 4.69) is 35.5 Å². The zero-order chi connectivity index (χ0) is 11.7. The molecule has 0 aromatic heterocycles. The minimum absolute atomic E-state index is 0.744. The van der Waals surface area contributed by atoms with Gasteiger partial charge in [0.1, 0.15) is 0 Å². The summed E-state index contributed by atoms with van der Waals surface area (Å²) in [5, 5.41) is 3.51. The third-order valence-electron chi connectivity index (χ3n) is 4.20. The van der Waals surface area contributed by atoms with Crippen molar-refractivity contribution in [3.05, 3.63) is 34.9 Å². The summed E-state index contributed by atoms with van der Waals surface area (Å²) in [5.41, 5.74) is 4.68. The molecule has 1 fully saturated rings. The fourth-order valence-corrected chi connectivity index (χ4v) is 3.10. The Morgan fingerprint density at radius 1 is 1.29 bits per heavy atom. The highest BCUT2D eigenvalue weighted by Crippen LogP contribution is 2.27. The molecule has 2 heterocycles. The van der Waals surface area contributed by atoms with Gasteiger partial charge >= 0.3 is 0 Å². The molecule has 0 aliphatic carbocycles. The van der Waals surface area contributed by atoms with Crippen LogP contribution >= 0.6 is 0 Å². The predicted octanol–water partition coefficient (Wildman–Crippen LogP) is 2.14. The smallest absolute Gasteiger partial charge is 0.0233 e. The van der Waals surface area contributed by atoms with Crippen LogP contribution in [-0.4, -0.2) is 31.6 Å². The van der Waals surface area contributed by atoms with E-state index in [4.69, 9.17) is 0 Å². The molecule has 1 N–H and O–H groups in total. The molecule has 1 unspecified atom stereocenters. The SMILES string of the molecule is CN1CCc2cc(C3CCCNC3)ccc2C1. The number of fused-ring (bicyclic) bond motifs is 1. The Labute approximate surface area is 104 Å². The van der Waals surface area contributed by atoms with Gasteiger partial charge in [0.15, 0.2) is 0 Å². The zero-order valence-corrected chi connectivity index (χ0v) is 10.7. The normalized spacial score (nSPS) is 25.6. The van der Waals surface area contributed by atoms with Crippen molar-refractivity contribution >= 4 is 0 Å². The van der Waals surface area contributed by atoms with E-state index in [0.717, 1.165) is 12.5 Å². The quantitative estimate of drug-likeness (QED) is 0.795. The number of hydrogen-bond donors (Lipinski definition) is 1. The molecule has 0 radical (unpaired) electrons. The Kier molecular flexibility index (Phi) is 3.17. The summed E-state index contributed by atoms with van der Waals surface area (Å²) in [6.07, 6.45) is 3.90. The summed E-state index contributed by atoms with van der Waals surface area (Å²) >= 11 is 0. The Bertz CT molecular complexity index is 394. The number of piperidine rings is 1. The molecule has 0 saturated carbocycles. The van der Waals surface area contributed by atoms with Crippen LogP contribution in [0.5, 0.6) is 0 Å². The molecule has 0 amide bonds. The molecule has 0 spiro atoms. The second-order valence-corrected chi connectivity index (χ2v) is 5.56. The first-order valence-corrected chi connectivity index (χ1v) is 6.84. The molecule has 92 valence electrons. The molecule has 2 aliphatic rings. The standard InChI is InChI=1S/C15H22N2/c1-17-8-6-13-9-12(4-5-15(13)11-17)14-3-2-7-16-10-14/h4-5,9,14,16H,2-3,6-8,10-11H2,1H3. The average Bonchev–Trinajstić information content (AvgIpc) is 2.39. The van der Waals surface area contributed by atoms with Crippen LogP contribution in [0.15, 0.2) is 18.2 Å². The summed E-state index contributed by atoms with van der Waals surface area (Å²) in [7, 11) is 2.21. The third-order valence-corrected chi connectivity index (χ3v) is 4.20. The van der Waals surface area contributed by atoms with E-state index in [1.54, 1.807) is 11.1 Å². The first-order chi connectivity index (χ1) is 8.33. The monoisotopic (exact) mass is 230 g/mol. The second kappa shape index (κ2) is 4.79. The number of nitrogens with one attached hydrogen (secondary N) is 1. The fraction of sp³-hybridized carbons (Fsp3) is 0.600.